The predicted octanol–water partition coefficient (Wildman–Crippen LogP) is 4.32. The summed E-state index contributed by atoms with van der Waals surface area (Å²) in [5.74, 6) is -1.00. The lowest BCUT2D eigenvalue weighted by atomic mass is 10.1. The smallest absolute Gasteiger partial charge is 0.329 e. The summed E-state index contributed by atoms with van der Waals surface area (Å²) in [7, 11) is 0. The summed E-state index contributed by atoms with van der Waals surface area (Å²) in [5, 5.41) is 6.70. The van der Waals surface area contributed by atoms with Gasteiger partial charge < -0.3 is 10.1 Å². The number of hydrazone groups is 1. The minimum atomic E-state index is -0.885. The van der Waals surface area contributed by atoms with Crippen molar-refractivity contribution < 1.29 is 14.3 Å². The van der Waals surface area contributed by atoms with Gasteiger partial charge in [-0.1, -0.05) is 41.9 Å². The van der Waals surface area contributed by atoms with Crippen LogP contribution in [0, 0.1) is 6.92 Å². The Morgan fingerprint density at radius 3 is 2.50 bits per heavy atom. The van der Waals surface area contributed by atoms with Gasteiger partial charge in [0.2, 0.25) is 0 Å². The fourth-order valence-electron chi connectivity index (χ4n) is 2.55. The number of hydrogen-bond acceptors (Lipinski definition) is 4. The molecule has 0 aliphatic carbocycles. The molecule has 2 N–H and O–H groups in total. The lowest BCUT2D eigenvalue weighted by Gasteiger charge is -2.08. The summed E-state index contributed by atoms with van der Waals surface area (Å²) < 4.78 is 5.79. The molecule has 0 aliphatic heterocycles. The molecule has 0 saturated carbocycles. The average Bonchev–Trinajstić information content (AvgIpc) is 2.74. The number of hydrogen-bond donors (Lipinski definition) is 2. The highest BCUT2D eigenvalue weighted by atomic mass is 35.5. The monoisotopic (exact) mass is 421 g/mol. The highest BCUT2D eigenvalue weighted by molar-refractivity contribution is 6.39. The first-order chi connectivity index (χ1) is 14.5. The van der Waals surface area contributed by atoms with Crippen LogP contribution in [-0.2, 0) is 16.2 Å². The minimum Gasteiger partial charge on any atom is -0.489 e. The Morgan fingerprint density at radius 1 is 1.00 bits per heavy atom. The van der Waals surface area contributed by atoms with E-state index in [1.807, 2.05) is 43.3 Å². The molecule has 7 heteroatoms. The van der Waals surface area contributed by atoms with Crippen molar-refractivity contribution in [1.82, 2.24) is 5.43 Å². The fraction of sp³-hybridized carbons (Fsp3) is 0.0870. The van der Waals surface area contributed by atoms with Gasteiger partial charge in [0, 0.05) is 10.7 Å². The van der Waals surface area contributed by atoms with Crippen molar-refractivity contribution in [3.63, 3.8) is 0 Å². The summed E-state index contributed by atoms with van der Waals surface area (Å²) in [6.07, 6.45) is 1.44. The van der Waals surface area contributed by atoms with Crippen molar-refractivity contribution in [2.24, 2.45) is 5.10 Å². The minimum absolute atomic E-state index is 0.424. The van der Waals surface area contributed by atoms with Gasteiger partial charge in [-0.3, -0.25) is 9.59 Å². The van der Waals surface area contributed by atoms with Gasteiger partial charge in [-0.05, 0) is 66.1 Å². The SMILES string of the molecule is Cc1ccccc1COc1ccc(/C=N/NC(=O)C(=O)Nc2cccc(Cl)c2)cc1. The highest BCUT2D eigenvalue weighted by Gasteiger charge is 2.12. The van der Waals surface area contributed by atoms with E-state index in [1.165, 1.54) is 11.8 Å². The van der Waals surface area contributed by atoms with Gasteiger partial charge >= 0.3 is 11.8 Å². The van der Waals surface area contributed by atoms with Crippen LogP contribution in [0.15, 0.2) is 77.9 Å². The maximum absolute atomic E-state index is 11.9. The third kappa shape index (κ3) is 6.18. The van der Waals surface area contributed by atoms with Crippen LogP contribution in [0.5, 0.6) is 5.75 Å². The Bertz CT molecular complexity index is 1070. The zero-order chi connectivity index (χ0) is 21.3. The molecule has 0 saturated heterocycles. The average molecular weight is 422 g/mol. The van der Waals surface area contributed by atoms with Gasteiger partial charge in [0.15, 0.2) is 0 Å². The van der Waals surface area contributed by atoms with Crippen LogP contribution in [0.25, 0.3) is 0 Å². The number of carbonyl (C=O) groups is 2. The van der Waals surface area contributed by atoms with Crippen molar-refractivity contribution in [2.45, 2.75) is 13.5 Å². The molecule has 3 rings (SSSR count). The number of aryl methyl sites for hydroxylation is 1. The van der Waals surface area contributed by atoms with Crippen molar-refractivity contribution in [3.8, 4) is 5.75 Å². The second kappa shape index (κ2) is 10.2. The standard InChI is InChI=1S/C23H20ClN3O3/c1-16-5-2-3-6-18(16)15-30-21-11-9-17(10-12-21)14-25-27-23(29)22(28)26-20-8-4-7-19(24)13-20/h2-14H,15H2,1H3,(H,26,28)(H,27,29)/b25-14+. The number of rotatable bonds is 6. The molecule has 0 bridgehead atoms. The number of nitrogens with one attached hydrogen (secondary N) is 2. The number of anilines is 1. The van der Waals surface area contributed by atoms with E-state index in [-0.39, 0.29) is 0 Å². The molecular weight excluding hydrogens is 402 g/mol. The Kier molecular flexibility index (Phi) is 7.19. The summed E-state index contributed by atoms with van der Waals surface area (Å²) >= 11 is 5.84. The fourth-order valence-corrected chi connectivity index (χ4v) is 2.74. The van der Waals surface area contributed by atoms with E-state index in [0.717, 1.165) is 16.9 Å². The molecule has 0 aliphatic rings. The summed E-state index contributed by atoms with van der Waals surface area (Å²) in [5.41, 5.74) is 5.66. The summed E-state index contributed by atoms with van der Waals surface area (Å²) in [4.78, 5) is 23.7. The molecule has 6 nitrogen and oxygen atoms in total. The molecule has 0 spiro atoms. The topological polar surface area (TPSA) is 79.8 Å². The van der Waals surface area contributed by atoms with Crippen LogP contribution in [0.2, 0.25) is 5.02 Å². The molecule has 0 aromatic heterocycles. The maximum Gasteiger partial charge on any atom is 0.329 e. The third-order valence-corrected chi connectivity index (χ3v) is 4.44. The second-order valence-electron chi connectivity index (χ2n) is 6.45. The van der Waals surface area contributed by atoms with Crippen LogP contribution in [0.4, 0.5) is 5.69 Å². The molecule has 0 heterocycles. The van der Waals surface area contributed by atoms with Crippen molar-refractivity contribution in [3.05, 3.63) is 94.5 Å². The molecule has 0 atom stereocenters. The van der Waals surface area contributed by atoms with E-state index >= 15 is 0 Å². The number of nitrogens with zero attached hydrogens (tertiary/aromatic N) is 1. The van der Waals surface area contributed by atoms with Crippen molar-refractivity contribution in [2.75, 3.05) is 5.32 Å². The first-order valence-electron chi connectivity index (χ1n) is 9.18. The molecular formula is C23H20ClN3O3. The molecule has 0 radical (unpaired) electrons. The van der Waals surface area contributed by atoms with Gasteiger partial charge in [-0.2, -0.15) is 5.10 Å². The number of halogens is 1. The molecule has 0 fully saturated rings. The van der Waals surface area contributed by atoms with Crippen LogP contribution in [-0.4, -0.2) is 18.0 Å². The lowest BCUT2D eigenvalue weighted by Crippen LogP contribution is -2.32. The van der Waals surface area contributed by atoms with Crippen LogP contribution < -0.4 is 15.5 Å². The van der Waals surface area contributed by atoms with Crippen molar-refractivity contribution in [1.29, 1.82) is 0 Å². The molecule has 3 aromatic carbocycles. The largest absolute Gasteiger partial charge is 0.489 e. The van der Waals surface area contributed by atoms with Gasteiger partial charge in [0.05, 0.1) is 6.21 Å². The Labute approximate surface area is 179 Å². The highest BCUT2D eigenvalue weighted by Crippen LogP contribution is 2.16. The molecule has 0 unspecified atom stereocenters. The normalized spacial score (nSPS) is 10.6. The van der Waals surface area contributed by atoms with E-state index < -0.39 is 11.8 Å². The van der Waals surface area contributed by atoms with E-state index in [4.69, 9.17) is 16.3 Å². The zero-order valence-corrected chi connectivity index (χ0v) is 17.0. The number of amides is 2. The molecule has 3 aromatic rings. The first kappa shape index (κ1) is 21.1. The van der Waals surface area contributed by atoms with Crippen LogP contribution >= 0.6 is 11.6 Å². The van der Waals surface area contributed by atoms with Crippen LogP contribution in [0.3, 0.4) is 0 Å². The van der Waals surface area contributed by atoms with E-state index in [2.05, 4.69) is 15.8 Å². The van der Waals surface area contributed by atoms with Gasteiger partial charge in [-0.15, -0.1) is 0 Å². The van der Waals surface area contributed by atoms with Crippen LogP contribution in [0.1, 0.15) is 16.7 Å². The van der Waals surface area contributed by atoms with E-state index in [1.54, 1.807) is 36.4 Å². The number of carbonyl (C=O) groups excluding carboxylic acids is 2. The molecule has 30 heavy (non-hydrogen) atoms. The van der Waals surface area contributed by atoms with E-state index in [9.17, 15) is 9.59 Å². The summed E-state index contributed by atoms with van der Waals surface area (Å²) in [6.45, 7) is 2.53. The predicted molar refractivity (Wildman–Crippen MR) is 118 cm³/mol. The Balaban J connectivity index is 1.48. The summed E-state index contributed by atoms with van der Waals surface area (Å²) in [6, 6.07) is 21.8. The van der Waals surface area contributed by atoms with Gasteiger partial charge in [0.25, 0.3) is 0 Å². The molecule has 152 valence electrons. The Morgan fingerprint density at radius 2 is 1.77 bits per heavy atom. The Hall–Kier alpha value is -3.64. The second-order valence-corrected chi connectivity index (χ2v) is 6.88. The first-order valence-corrected chi connectivity index (χ1v) is 9.56. The number of ether oxygens (including phenoxy) is 1. The van der Waals surface area contributed by atoms with Gasteiger partial charge in [-0.25, -0.2) is 5.43 Å². The quantitative estimate of drug-likeness (QED) is 0.353. The third-order valence-electron chi connectivity index (χ3n) is 4.20. The zero-order valence-electron chi connectivity index (χ0n) is 16.3. The van der Waals surface area contributed by atoms with E-state index in [0.29, 0.717) is 17.3 Å². The van der Waals surface area contributed by atoms with Gasteiger partial charge in [0.1, 0.15) is 12.4 Å². The lowest BCUT2D eigenvalue weighted by molar-refractivity contribution is -0.136. The van der Waals surface area contributed by atoms with Crippen molar-refractivity contribution >= 4 is 35.3 Å². The molecule has 2 amide bonds. The number of benzene rings is 3. The maximum atomic E-state index is 11.9.